The summed E-state index contributed by atoms with van der Waals surface area (Å²) in [5.74, 6) is 0.0390. The Bertz CT molecular complexity index is 257. The molecule has 0 saturated heterocycles. The highest BCUT2D eigenvalue weighted by Gasteiger charge is 2.35. The maximum Gasteiger partial charge on any atom is 0.147 e. The molecule has 0 aliphatic rings. The van der Waals surface area contributed by atoms with Crippen molar-refractivity contribution >= 4 is 9.84 Å². The Morgan fingerprint density at radius 1 is 1.15 bits per heavy atom. The van der Waals surface area contributed by atoms with Crippen molar-refractivity contribution < 1.29 is 13.5 Å². The fourth-order valence-electron chi connectivity index (χ4n) is 0.759. The van der Waals surface area contributed by atoms with E-state index in [9.17, 15) is 13.5 Å². The van der Waals surface area contributed by atoms with Crippen LogP contribution in [0.2, 0.25) is 0 Å². The van der Waals surface area contributed by atoms with Gasteiger partial charge in [-0.1, -0.05) is 20.8 Å². The summed E-state index contributed by atoms with van der Waals surface area (Å²) in [5, 5.41) is 9.95. The molecule has 13 heavy (non-hydrogen) atoms. The lowest BCUT2D eigenvalue weighted by Gasteiger charge is -2.37. The Balaban J connectivity index is 4.38. The van der Waals surface area contributed by atoms with E-state index >= 15 is 0 Å². The molecule has 0 radical (unpaired) electrons. The van der Waals surface area contributed by atoms with Gasteiger partial charge in [-0.3, -0.25) is 0 Å². The van der Waals surface area contributed by atoms with Gasteiger partial charge in [0.2, 0.25) is 0 Å². The third-order valence-corrected chi connectivity index (χ3v) is 3.52. The van der Waals surface area contributed by atoms with Gasteiger partial charge in [0.25, 0.3) is 0 Å². The third kappa shape index (κ3) is 4.62. The summed E-state index contributed by atoms with van der Waals surface area (Å²) in [6.07, 6.45) is 1.47. The van der Waals surface area contributed by atoms with E-state index in [1.54, 1.807) is 6.92 Å². The maximum atomic E-state index is 10.9. The van der Waals surface area contributed by atoms with Gasteiger partial charge >= 0.3 is 0 Å². The average molecular weight is 208 g/mol. The number of hydrogen-bond donors (Lipinski definition) is 1. The molecule has 0 heterocycles. The molecule has 0 aliphatic carbocycles. The van der Waals surface area contributed by atoms with E-state index in [1.807, 2.05) is 20.8 Å². The normalized spacial score (nSPS) is 18.3. The maximum absolute atomic E-state index is 10.9. The topological polar surface area (TPSA) is 54.4 Å². The molecule has 0 fully saturated rings. The number of aliphatic hydroxyl groups is 1. The minimum Gasteiger partial charge on any atom is -0.390 e. The minimum atomic E-state index is -2.98. The summed E-state index contributed by atoms with van der Waals surface area (Å²) in [6.45, 7) is 7.37. The molecule has 0 rings (SSSR count). The lowest BCUT2D eigenvalue weighted by molar-refractivity contribution is -0.0433. The van der Waals surface area contributed by atoms with Gasteiger partial charge in [0.05, 0.1) is 11.4 Å². The second-order valence-electron chi connectivity index (χ2n) is 4.90. The first-order valence-corrected chi connectivity index (χ1v) is 6.42. The first kappa shape index (κ1) is 12.9. The molecular weight excluding hydrogens is 188 g/mol. The second-order valence-corrected chi connectivity index (χ2v) is 7.16. The van der Waals surface area contributed by atoms with E-state index in [1.165, 1.54) is 6.26 Å². The van der Waals surface area contributed by atoms with Crippen LogP contribution in [-0.2, 0) is 9.84 Å². The van der Waals surface area contributed by atoms with Crippen LogP contribution in [0.5, 0.6) is 0 Å². The highest BCUT2D eigenvalue weighted by Crippen LogP contribution is 2.32. The van der Waals surface area contributed by atoms with Crippen LogP contribution >= 0.6 is 0 Å². The zero-order chi connectivity index (χ0) is 10.9. The predicted molar refractivity (Wildman–Crippen MR) is 54.4 cm³/mol. The zero-order valence-corrected chi connectivity index (χ0v) is 9.90. The molecule has 1 unspecified atom stereocenters. The van der Waals surface area contributed by atoms with Crippen LogP contribution in [0.1, 0.15) is 34.1 Å². The lowest BCUT2D eigenvalue weighted by atomic mass is 9.76. The van der Waals surface area contributed by atoms with Crippen molar-refractivity contribution in [3.63, 3.8) is 0 Å². The van der Waals surface area contributed by atoms with Gasteiger partial charge in [-0.05, 0) is 18.8 Å². The fraction of sp³-hybridized carbons (Fsp3) is 1.00. The van der Waals surface area contributed by atoms with Crippen molar-refractivity contribution in [1.29, 1.82) is 0 Å². The van der Waals surface area contributed by atoms with Crippen molar-refractivity contribution in [2.75, 3.05) is 12.0 Å². The Morgan fingerprint density at radius 2 is 1.54 bits per heavy atom. The summed E-state index contributed by atoms with van der Waals surface area (Å²) in [5.41, 5.74) is -1.23. The van der Waals surface area contributed by atoms with Crippen LogP contribution in [0, 0.1) is 5.41 Å². The number of hydrogen-bond acceptors (Lipinski definition) is 3. The number of rotatable bonds is 3. The number of sulfone groups is 1. The van der Waals surface area contributed by atoms with Crippen molar-refractivity contribution in [2.45, 2.75) is 39.7 Å². The van der Waals surface area contributed by atoms with Crippen LogP contribution in [0.4, 0.5) is 0 Å². The Kier molecular flexibility index (Phi) is 3.55. The van der Waals surface area contributed by atoms with Crippen LogP contribution in [-0.4, -0.2) is 31.1 Å². The van der Waals surface area contributed by atoms with E-state index in [2.05, 4.69) is 0 Å². The first-order valence-electron chi connectivity index (χ1n) is 4.36. The molecule has 3 nitrogen and oxygen atoms in total. The van der Waals surface area contributed by atoms with E-state index in [0.717, 1.165) is 0 Å². The molecule has 0 aromatic heterocycles. The molecule has 80 valence electrons. The van der Waals surface area contributed by atoms with Crippen LogP contribution in [0.3, 0.4) is 0 Å². The molecule has 0 saturated carbocycles. The molecule has 0 aromatic carbocycles. The standard InChI is InChI=1S/C9H20O3S/c1-8(2,3)9(4,10)6-7-13(5,11)12/h10H,6-7H2,1-5H3. The van der Waals surface area contributed by atoms with E-state index < -0.39 is 15.4 Å². The van der Waals surface area contributed by atoms with Crippen molar-refractivity contribution in [3.05, 3.63) is 0 Å². The summed E-state index contributed by atoms with van der Waals surface area (Å²) < 4.78 is 21.8. The van der Waals surface area contributed by atoms with E-state index in [0.29, 0.717) is 0 Å². The molecule has 1 N–H and O–H groups in total. The highest BCUT2D eigenvalue weighted by atomic mass is 32.2. The summed E-state index contributed by atoms with van der Waals surface area (Å²) in [6, 6.07) is 0. The summed E-state index contributed by atoms with van der Waals surface area (Å²) in [4.78, 5) is 0. The third-order valence-electron chi connectivity index (χ3n) is 2.58. The second kappa shape index (κ2) is 3.58. The summed E-state index contributed by atoms with van der Waals surface area (Å²) >= 11 is 0. The van der Waals surface area contributed by atoms with E-state index in [4.69, 9.17) is 0 Å². The monoisotopic (exact) mass is 208 g/mol. The lowest BCUT2D eigenvalue weighted by Crippen LogP contribution is -2.41. The SMILES string of the molecule is CC(C)(C)C(C)(O)CCS(C)(=O)=O. The Hall–Kier alpha value is -0.0900. The van der Waals surface area contributed by atoms with E-state index in [-0.39, 0.29) is 17.6 Å². The Labute approximate surface area is 81.1 Å². The highest BCUT2D eigenvalue weighted by molar-refractivity contribution is 7.90. The van der Waals surface area contributed by atoms with Crippen molar-refractivity contribution in [3.8, 4) is 0 Å². The molecule has 0 amide bonds. The first-order chi connectivity index (χ1) is 5.46. The van der Waals surface area contributed by atoms with Gasteiger partial charge in [-0.2, -0.15) is 0 Å². The molecular formula is C9H20O3S. The van der Waals surface area contributed by atoms with Gasteiger partial charge in [-0.25, -0.2) is 8.42 Å². The molecule has 0 spiro atoms. The van der Waals surface area contributed by atoms with Crippen molar-refractivity contribution in [1.82, 2.24) is 0 Å². The summed E-state index contributed by atoms with van der Waals surface area (Å²) in [7, 11) is -2.98. The van der Waals surface area contributed by atoms with Crippen LogP contribution < -0.4 is 0 Å². The predicted octanol–water partition coefficient (Wildman–Crippen LogP) is 1.22. The van der Waals surface area contributed by atoms with Gasteiger partial charge in [0, 0.05) is 6.26 Å². The molecule has 0 bridgehead atoms. The largest absolute Gasteiger partial charge is 0.390 e. The average Bonchev–Trinajstić information content (AvgIpc) is 1.79. The fourth-order valence-corrected chi connectivity index (χ4v) is 1.53. The zero-order valence-electron chi connectivity index (χ0n) is 9.09. The van der Waals surface area contributed by atoms with Gasteiger partial charge in [0.15, 0.2) is 0 Å². The minimum absolute atomic E-state index is 0.0390. The Morgan fingerprint density at radius 3 is 1.77 bits per heavy atom. The smallest absolute Gasteiger partial charge is 0.147 e. The van der Waals surface area contributed by atoms with Gasteiger partial charge in [0.1, 0.15) is 9.84 Å². The van der Waals surface area contributed by atoms with Crippen LogP contribution in [0.15, 0.2) is 0 Å². The quantitative estimate of drug-likeness (QED) is 0.758. The molecule has 0 aromatic rings. The van der Waals surface area contributed by atoms with Crippen molar-refractivity contribution in [2.24, 2.45) is 5.41 Å². The van der Waals surface area contributed by atoms with Gasteiger partial charge in [-0.15, -0.1) is 0 Å². The van der Waals surface area contributed by atoms with Crippen LogP contribution in [0.25, 0.3) is 0 Å². The molecule has 4 heteroatoms. The molecule has 1 atom stereocenters. The van der Waals surface area contributed by atoms with Gasteiger partial charge < -0.3 is 5.11 Å². The molecule has 0 aliphatic heterocycles.